The SMILES string of the molecule is Cc1cccc(C#N)c1Nc1cccc(Br)c1C. The molecule has 0 aliphatic rings. The number of nitrogens with one attached hydrogen (secondary N) is 1. The van der Waals surface area contributed by atoms with Crippen molar-refractivity contribution in [3.8, 4) is 6.07 Å². The van der Waals surface area contributed by atoms with Crippen molar-refractivity contribution in [1.82, 2.24) is 0 Å². The van der Waals surface area contributed by atoms with E-state index < -0.39 is 0 Å². The van der Waals surface area contributed by atoms with Gasteiger partial charge in [-0.25, -0.2) is 0 Å². The number of anilines is 2. The second-order valence-electron chi connectivity index (χ2n) is 4.15. The lowest BCUT2D eigenvalue weighted by atomic mass is 10.1. The highest BCUT2D eigenvalue weighted by Crippen LogP contribution is 2.29. The van der Waals surface area contributed by atoms with Gasteiger partial charge in [-0.3, -0.25) is 0 Å². The topological polar surface area (TPSA) is 35.8 Å². The van der Waals surface area contributed by atoms with E-state index in [2.05, 4.69) is 27.3 Å². The van der Waals surface area contributed by atoms with Crippen LogP contribution in [0.25, 0.3) is 0 Å². The first-order valence-corrected chi connectivity index (χ1v) is 6.44. The number of nitrogens with zero attached hydrogens (tertiary/aromatic N) is 1. The smallest absolute Gasteiger partial charge is 0.101 e. The highest BCUT2D eigenvalue weighted by atomic mass is 79.9. The van der Waals surface area contributed by atoms with Crippen molar-refractivity contribution in [3.63, 3.8) is 0 Å². The minimum Gasteiger partial charge on any atom is -0.354 e. The van der Waals surface area contributed by atoms with Gasteiger partial charge < -0.3 is 5.32 Å². The van der Waals surface area contributed by atoms with Gasteiger partial charge in [0.15, 0.2) is 0 Å². The van der Waals surface area contributed by atoms with Crippen molar-refractivity contribution in [1.29, 1.82) is 5.26 Å². The summed E-state index contributed by atoms with van der Waals surface area (Å²) in [5.74, 6) is 0. The molecule has 0 aromatic heterocycles. The van der Waals surface area contributed by atoms with Crippen LogP contribution in [-0.2, 0) is 0 Å². The molecular formula is C15H13BrN2. The molecule has 0 atom stereocenters. The largest absolute Gasteiger partial charge is 0.354 e. The molecule has 0 heterocycles. The summed E-state index contributed by atoms with van der Waals surface area (Å²) in [5, 5.41) is 12.5. The first kappa shape index (κ1) is 12.7. The molecule has 18 heavy (non-hydrogen) atoms. The average molecular weight is 301 g/mol. The molecule has 0 saturated carbocycles. The number of aryl methyl sites for hydroxylation is 1. The van der Waals surface area contributed by atoms with Crippen LogP contribution in [0.1, 0.15) is 16.7 Å². The second-order valence-corrected chi connectivity index (χ2v) is 5.00. The van der Waals surface area contributed by atoms with Gasteiger partial charge in [0, 0.05) is 10.2 Å². The number of benzene rings is 2. The first-order valence-electron chi connectivity index (χ1n) is 5.65. The normalized spacial score (nSPS) is 9.89. The highest BCUT2D eigenvalue weighted by Gasteiger charge is 2.07. The van der Waals surface area contributed by atoms with Gasteiger partial charge in [-0.1, -0.05) is 34.1 Å². The van der Waals surface area contributed by atoms with E-state index in [0.717, 1.165) is 27.0 Å². The van der Waals surface area contributed by atoms with E-state index in [0.29, 0.717) is 5.56 Å². The molecule has 3 heteroatoms. The number of hydrogen-bond acceptors (Lipinski definition) is 2. The lowest BCUT2D eigenvalue weighted by Gasteiger charge is -2.14. The summed E-state index contributed by atoms with van der Waals surface area (Å²) >= 11 is 3.51. The average Bonchev–Trinajstić information content (AvgIpc) is 2.37. The molecule has 2 aromatic carbocycles. The highest BCUT2D eigenvalue weighted by molar-refractivity contribution is 9.10. The van der Waals surface area contributed by atoms with Crippen LogP contribution in [0.2, 0.25) is 0 Å². The number of nitriles is 1. The van der Waals surface area contributed by atoms with Gasteiger partial charge in [-0.05, 0) is 43.2 Å². The molecule has 90 valence electrons. The van der Waals surface area contributed by atoms with Crippen molar-refractivity contribution in [3.05, 3.63) is 57.6 Å². The van der Waals surface area contributed by atoms with Gasteiger partial charge in [-0.15, -0.1) is 0 Å². The standard InChI is InChI=1S/C15H13BrN2/c1-10-5-3-6-12(9-17)15(10)18-14-8-4-7-13(16)11(14)2/h3-8,18H,1-2H3. The summed E-state index contributed by atoms with van der Waals surface area (Å²) in [5.41, 5.74) is 4.74. The zero-order valence-electron chi connectivity index (χ0n) is 10.3. The van der Waals surface area contributed by atoms with Gasteiger partial charge >= 0.3 is 0 Å². The van der Waals surface area contributed by atoms with E-state index >= 15 is 0 Å². The molecule has 2 aromatic rings. The van der Waals surface area contributed by atoms with Crippen molar-refractivity contribution < 1.29 is 0 Å². The maximum Gasteiger partial charge on any atom is 0.101 e. The molecule has 0 aliphatic heterocycles. The molecule has 2 rings (SSSR count). The molecule has 0 radical (unpaired) electrons. The molecule has 1 N–H and O–H groups in total. The Morgan fingerprint density at radius 1 is 1.11 bits per heavy atom. The van der Waals surface area contributed by atoms with Crippen molar-refractivity contribution >= 4 is 27.3 Å². The Morgan fingerprint density at radius 2 is 1.83 bits per heavy atom. The number of halogens is 1. The minimum absolute atomic E-state index is 0.661. The van der Waals surface area contributed by atoms with Crippen molar-refractivity contribution in [2.45, 2.75) is 13.8 Å². The fourth-order valence-corrected chi connectivity index (χ4v) is 2.17. The Bertz CT molecular complexity index is 627. The number of hydrogen-bond donors (Lipinski definition) is 1. The third kappa shape index (κ3) is 2.39. The van der Waals surface area contributed by atoms with Crippen molar-refractivity contribution in [2.75, 3.05) is 5.32 Å². The Hall–Kier alpha value is -1.79. The van der Waals surface area contributed by atoms with Crippen LogP contribution in [0.4, 0.5) is 11.4 Å². The monoisotopic (exact) mass is 300 g/mol. The van der Waals surface area contributed by atoms with Crippen LogP contribution < -0.4 is 5.32 Å². The molecular weight excluding hydrogens is 288 g/mol. The quantitative estimate of drug-likeness (QED) is 0.874. The van der Waals surface area contributed by atoms with E-state index in [1.165, 1.54) is 0 Å². The van der Waals surface area contributed by atoms with Crippen LogP contribution in [-0.4, -0.2) is 0 Å². The van der Waals surface area contributed by atoms with E-state index in [4.69, 9.17) is 5.26 Å². The summed E-state index contributed by atoms with van der Waals surface area (Å²) < 4.78 is 1.06. The van der Waals surface area contributed by atoms with Crippen molar-refractivity contribution in [2.24, 2.45) is 0 Å². The molecule has 0 amide bonds. The zero-order valence-corrected chi connectivity index (χ0v) is 11.9. The summed E-state index contributed by atoms with van der Waals surface area (Å²) in [6.07, 6.45) is 0. The predicted octanol–water partition coefficient (Wildman–Crippen LogP) is 4.68. The summed E-state index contributed by atoms with van der Waals surface area (Å²) in [6.45, 7) is 4.03. The molecule has 0 fully saturated rings. The maximum absolute atomic E-state index is 9.15. The van der Waals surface area contributed by atoms with Gasteiger partial charge in [0.1, 0.15) is 6.07 Å². The van der Waals surface area contributed by atoms with Crippen LogP contribution in [0.5, 0.6) is 0 Å². The molecule has 0 unspecified atom stereocenters. The van der Waals surface area contributed by atoms with E-state index in [9.17, 15) is 0 Å². The van der Waals surface area contributed by atoms with Crippen LogP contribution in [0, 0.1) is 25.2 Å². The first-order chi connectivity index (χ1) is 8.63. The predicted molar refractivity (Wildman–Crippen MR) is 78.1 cm³/mol. The third-order valence-electron chi connectivity index (χ3n) is 2.92. The molecule has 0 bridgehead atoms. The Labute approximate surface area is 115 Å². The lowest BCUT2D eigenvalue weighted by molar-refractivity contribution is 1.36. The van der Waals surface area contributed by atoms with Crippen LogP contribution in [0.3, 0.4) is 0 Å². The Kier molecular flexibility index (Phi) is 3.69. The molecule has 0 spiro atoms. The number of rotatable bonds is 2. The molecule has 2 nitrogen and oxygen atoms in total. The summed E-state index contributed by atoms with van der Waals surface area (Å²) in [7, 11) is 0. The molecule has 0 aliphatic carbocycles. The third-order valence-corrected chi connectivity index (χ3v) is 3.78. The zero-order chi connectivity index (χ0) is 13.1. The van der Waals surface area contributed by atoms with E-state index in [1.54, 1.807) is 0 Å². The van der Waals surface area contributed by atoms with Gasteiger partial charge in [0.05, 0.1) is 11.3 Å². The fourth-order valence-electron chi connectivity index (χ4n) is 1.80. The Morgan fingerprint density at radius 3 is 2.56 bits per heavy atom. The van der Waals surface area contributed by atoms with Gasteiger partial charge in [0.2, 0.25) is 0 Å². The lowest BCUT2D eigenvalue weighted by Crippen LogP contribution is -1.98. The fraction of sp³-hybridized carbons (Fsp3) is 0.133. The van der Waals surface area contributed by atoms with E-state index in [1.807, 2.05) is 50.2 Å². The summed E-state index contributed by atoms with van der Waals surface area (Å²) in [4.78, 5) is 0. The van der Waals surface area contributed by atoms with Crippen LogP contribution >= 0.6 is 15.9 Å². The van der Waals surface area contributed by atoms with Gasteiger partial charge in [0.25, 0.3) is 0 Å². The second kappa shape index (κ2) is 5.24. The maximum atomic E-state index is 9.15. The summed E-state index contributed by atoms with van der Waals surface area (Å²) in [6, 6.07) is 13.9. The molecule has 0 saturated heterocycles. The number of para-hydroxylation sites is 1. The van der Waals surface area contributed by atoms with Gasteiger partial charge in [-0.2, -0.15) is 5.26 Å². The van der Waals surface area contributed by atoms with E-state index in [-0.39, 0.29) is 0 Å². The van der Waals surface area contributed by atoms with Crippen LogP contribution in [0.15, 0.2) is 40.9 Å². The minimum atomic E-state index is 0.661. The Balaban J connectivity index is 2.47.